The van der Waals surface area contributed by atoms with Gasteiger partial charge in [-0.05, 0) is 32.2 Å². The molecule has 0 spiro atoms. The number of methoxy groups -OCH3 is 1. The van der Waals surface area contributed by atoms with E-state index in [1.807, 2.05) is 0 Å². The molecule has 0 aliphatic carbocycles. The van der Waals surface area contributed by atoms with Crippen LogP contribution in [0.15, 0.2) is 0 Å². The van der Waals surface area contributed by atoms with E-state index in [0.717, 1.165) is 32.8 Å². The van der Waals surface area contributed by atoms with Gasteiger partial charge in [-0.25, -0.2) is 0 Å². The second-order valence-corrected chi connectivity index (χ2v) is 5.50. The minimum absolute atomic E-state index is 0.355. The van der Waals surface area contributed by atoms with Gasteiger partial charge in [0.05, 0.1) is 6.61 Å². The summed E-state index contributed by atoms with van der Waals surface area (Å²) in [6.45, 7) is 16.5. The van der Waals surface area contributed by atoms with Crippen molar-refractivity contribution in [1.82, 2.24) is 10.2 Å². The van der Waals surface area contributed by atoms with Crippen molar-refractivity contribution < 1.29 is 4.74 Å². The van der Waals surface area contributed by atoms with Crippen LogP contribution in [0.4, 0.5) is 0 Å². The summed E-state index contributed by atoms with van der Waals surface area (Å²) in [5, 5.41) is 3.48. The fourth-order valence-corrected chi connectivity index (χ4v) is 1.94. The quantitative estimate of drug-likeness (QED) is 0.638. The lowest BCUT2D eigenvalue weighted by Crippen LogP contribution is -2.45. The van der Waals surface area contributed by atoms with Crippen molar-refractivity contribution in [3.05, 3.63) is 0 Å². The van der Waals surface area contributed by atoms with Crippen molar-refractivity contribution in [3.63, 3.8) is 0 Å². The number of rotatable bonds is 10. The van der Waals surface area contributed by atoms with E-state index in [0.29, 0.717) is 11.5 Å². The molecule has 0 saturated carbocycles. The van der Waals surface area contributed by atoms with Gasteiger partial charge in [-0.1, -0.05) is 20.8 Å². The van der Waals surface area contributed by atoms with E-state index in [4.69, 9.17) is 4.74 Å². The fourth-order valence-electron chi connectivity index (χ4n) is 1.94. The summed E-state index contributed by atoms with van der Waals surface area (Å²) in [4.78, 5) is 2.52. The lowest BCUT2D eigenvalue weighted by atomic mass is 9.86. The molecule has 0 radical (unpaired) electrons. The molecular weight excluding hydrogens is 212 g/mol. The van der Waals surface area contributed by atoms with Crippen LogP contribution in [0, 0.1) is 5.41 Å². The second-order valence-electron chi connectivity index (χ2n) is 5.50. The van der Waals surface area contributed by atoms with Crippen LogP contribution >= 0.6 is 0 Å². The smallest absolute Gasteiger partial charge is 0.0589 e. The fraction of sp³-hybridized carbons (Fsp3) is 1.00. The van der Waals surface area contributed by atoms with Gasteiger partial charge >= 0.3 is 0 Å². The molecule has 0 amide bonds. The van der Waals surface area contributed by atoms with Crippen molar-refractivity contribution >= 4 is 0 Å². The predicted molar refractivity (Wildman–Crippen MR) is 75.5 cm³/mol. The number of ether oxygens (including phenoxy) is 1. The molecule has 3 heteroatoms. The van der Waals surface area contributed by atoms with Crippen molar-refractivity contribution in [2.75, 3.05) is 39.9 Å². The minimum atomic E-state index is 0.355. The molecule has 0 aromatic carbocycles. The first-order chi connectivity index (χ1) is 7.99. The molecular formula is C14H32N2O. The zero-order valence-corrected chi connectivity index (χ0v) is 12.7. The predicted octanol–water partition coefficient (Wildman–Crippen LogP) is 2.37. The zero-order valence-electron chi connectivity index (χ0n) is 12.7. The summed E-state index contributed by atoms with van der Waals surface area (Å²) in [5.74, 6) is 0. The monoisotopic (exact) mass is 244 g/mol. The molecule has 0 bridgehead atoms. The Morgan fingerprint density at radius 3 is 2.35 bits per heavy atom. The SMILES string of the molecule is CCNCC(C)(CC)CN(CCOC)C(C)C. The molecule has 0 aromatic rings. The lowest BCUT2D eigenvalue weighted by Gasteiger charge is -2.37. The molecule has 0 fully saturated rings. The van der Waals surface area contributed by atoms with Crippen LogP contribution in [-0.2, 0) is 4.74 Å². The first-order valence-electron chi connectivity index (χ1n) is 6.92. The Morgan fingerprint density at radius 2 is 1.94 bits per heavy atom. The van der Waals surface area contributed by atoms with Gasteiger partial charge in [0.25, 0.3) is 0 Å². The van der Waals surface area contributed by atoms with Crippen molar-refractivity contribution in [1.29, 1.82) is 0 Å². The maximum absolute atomic E-state index is 5.19. The van der Waals surface area contributed by atoms with Crippen LogP contribution in [0.3, 0.4) is 0 Å². The molecule has 1 atom stereocenters. The van der Waals surface area contributed by atoms with Gasteiger partial charge in [0, 0.05) is 32.8 Å². The molecule has 0 heterocycles. The highest BCUT2D eigenvalue weighted by Gasteiger charge is 2.25. The Bertz CT molecular complexity index is 185. The average Bonchev–Trinajstić information content (AvgIpc) is 2.31. The summed E-state index contributed by atoms with van der Waals surface area (Å²) in [6.07, 6.45) is 1.20. The van der Waals surface area contributed by atoms with Gasteiger partial charge in [0.15, 0.2) is 0 Å². The molecule has 0 saturated heterocycles. The summed E-state index contributed by atoms with van der Waals surface area (Å²) in [7, 11) is 1.77. The number of hydrogen-bond acceptors (Lipinski definition) is 3. The summed E-state index contributed by atoms with van der Waals surface area (Å²) >= 11 is 0. The standard InChI is InChI=1S/C14H32N2O/c1-7-14(5,11-15-8-2)12-16(13(3)4)9-10-17-6/h13,15H,7-12H2,1-6H3. The molecule has 0 aliphatic rings. The molecule has 1 unspecified atom stereocenters. The third kappa shape index (κ3) is 7.02. The van der Waals surface area contributed by atoms with Gasteiger partial charge in [0.1, 0.15) is 0 Å². The maximum Gasteiger partial charge on any atom is 0.0589 e. The average molecular weight is 244 g/mol. The largest absolute Gasteiger partial charge is 0.383 e. The Labute approximate surface area is 108 Å². The molecule has 0 rings (SSSR count). The van der Waals surface area contributed by atoms with E-state index < -0.39 is 0 Å². The second kappa shape index (κ2) is 8.90. The van der Waals surface area contributed by atoms with Gasteiger partial charge in [0.2, 0.25) is 0 Å². The highest BCUT2D eigenvalue weighted by atomic mass is 16.5. The maximum atomic E-state index is 5.19. The van der Waals surface area contributed by atoms with E-state index in [-0.39, 0.29) is 0 Å². The zero-order chi connectivity index (χ0) is 13.3. The van der Waals surface area contributed by atoms with Crippen LogP contribution in [0.1, 0.15) is 41.0 Å². The normalized spacial score (nSPS) is 15.5. The summed E-state index contributed by atoms with van der Waals surface area (Å²) < 4.78 is 5.19. The van der Waals surface area contributed by atoms with Crippen LogP contribution in [-0.4, -0.2) is 50.8 Å². The van der Waals surface area contributed by atoms with Crippen LogP contribution in [0.2, 0.25) is 0 Å². The van der Waals surface area contributed by atoms with E-state index in [1.54, 1.807) is 7.11 Å². The van der Waals surface area contributed by atoms with Crippen molar-refractivity contribution in [2.24, 2.45) is 5.41 Å². The van der Waals surface area contributed by atoms with Gasteiger partial charge in [-0.3, -0.25) is 4.90 Å². The van der Waals surface area contributed by atoms with E-state index in [9.17, 15) is 0 Å². The molecule has 1 N–H and O–H groups in total. The highest BCUT2D eigenvalue weighted by Crippen LogP contribution is 2.22. The van der Waals surface area contributed by atoms with Gasteiger partial charge in [-0.15, -0.1) is 0 Å². The Morgan fingerprint density at radius 1 is 1.29 bits per heavy atom. The van der Waals surface area contributed by atoms with Crippen LogP contribution in [0.5, 0.6) is 0 Å². The highest BCUT2D eigenvalue weighted by molar-refractivity contribution is 4.80. The number of nitrogens with zero attached hydrogens (tertiary/aromatic N) is 1. The molecule has 17 heavy (non-hydrogen) atoms. The van der Waals surface area contributed by atoms with Crippen molar-refractivity contribution in [2.45, 2.75) is 47.1 Å². The van der Waals surface area contributed by atoms with E-state index >= 15 is 0 Å². The van der Waals surface area contributed by atoms with Gasteiger partial charge in [-0.2, -0.15) is 0 Å². The van der Waals surface area contributed by atoms with E-state index in [1.165, 1.54) is 6.42 Å². The topological polar surface area (TPSA) is 24.5 Å². The van der Waals surface area contributed by atoms with Gasteiger partial charge < -0.3 is 10.1 Å². The molecule has 0 aliphatic heterocycles. The van der Waals surface area contributed by atoms with Crippen LogP contribution < -0.4 is 5.32 Å². The minimum Gasteiger partial charge on any atom is -0.383 e. The Kier molecular flexibility index (Phi) is 8.83. The first kappa shape index (κ1) is 16.9. The van der Waals surface area contributed by atoms with Crippen LogP contribution in [0.25, 0.3) is 0 Å². The Balaban J connectivity index is 4.35. The molecule has 104 valence electrons. The first-order valence-corrected chi connectivity index (χ1v) is 6.92. The van der Waals surface area contributed by atoms with E-state index in [2.05, 4.69) is 44.8 Å². The number of nitrogens with one attached hydrogen (secondary N) is 1. The Hall–Kier alpha value is -0.120. The molecule has 0 aromatic heterocycles. The third-order valence-corrected chi connectivity index (χ3v) is 3.55. The summed E-state index contributed by atoms with van der Waals surface area (Å²) in [6, 6.07) is 0.581. The third-order valence-electron chi connectivity index (χ3n) is 3.55. The molecule has 3 nitrogen and oxygen atoms in total. The summed E-state index contributed by atoms with van der Waals surface area (Å²) in [5.41, 5.74) is 0.355. The van der Waals surface area contributed by atoms with Crippen molar-refractivity contribution in [3.8, 4) is 0 Å². The lowest BCUT2D eigenvalue weighted by molar-refractivity contribution is 0.0880. The number of hydrogen-bond donors (Lipinski definition) is 1.